The number of nitrogens with zero attached hydrogens (tertiary/aromatic N) is 1. The SMILES string of the molecule is C=C/C(Cl)=C\C=C(/C)[C@@](C)(O)C(C)(C)C(=O)N[C@@H](CC(C)C)C(=O)N[C@H](C#N)C[C@@H]1CCNC1=O. The van der Waals surface area contributed by atoms with Crippen molar-refractivity contribution in [3.63, 3.8) is 0 Å². The standard InChI is InChI=1S/C26H39ClN4O4/c1-8-19(27)10-9-17(4)26(7,35)25(5,6)24(34)31-21(13-16(2)3)23(33)30-20(15-28)14-18-11-12-29-22(18)32/h8-10,16,18,20-21,35H,1,11-14H2,2-7H3,(H,29,32)(H,30,33)(H,31,34)/b17-9+,19-10+/t18-,20-,21-,26+/m0/s1. The molecule has 0 saturated carbocycles. The van der Waals surface area contributed by atoms with Crippen LogP contribution in [0.4, 0.5) is 0 Å². The summed E-state index contributed by atoms with van der Waals surface area (Å²) in [7, 11) is 0. The molecule has 1 fully saturated rings. The van der Waals surface area contributed by atoms with Crippen LogP contribution in [0.5, 0.6) is 0 Å². The van der Waals surface area contributed by atoms with Gasteiger partial charge < -0.3 is 21.1 Å². The highest BCUT2D eigenvalue weighted by molar-refractivity contribution is 6.31. The van der Waals surface area contributed by atoms with E-state index in [1.54, 1.807) is 32.9 Å². The summed E-state index contributed by atoms with van der Waals surface area (Å²) in [4.78, 5) is 38.3. The highest BCUT2D eigenvalue weighted by Crippen LogP contribution is 2.37. The molecule has 0 aromatic heterocycles. The summed E-state index contributed by atoms with van der Waals surface area (Å²) in [5.74, 6) is -1.39. The summed E-state index contributed by atoms with van der Waals surface area (Å²) >= 11 is 5.95. The fourth-order valence-electron chi connectivity index (χ4n) is 3.76. The van der Waals surface area contributed by atoms with Crippen molar-refractivity contribution in [2.24, 2.45) is 17.3 Å². The van der Waals surface area contributed by atoms with E-state index in [0.29, 0.717) is 30.0 Å². The number of carbonyl (C=O) groups excluding carboxylic acids is 3. The number of carbonyl (C=O) groups is 3. The van der Waals surface area contributed by atoms with Gasteiger partial charge in [-0.3, -0.25) is 14.4 Å². The number of aliphatic hydroxyl groups is 1. The van der Waals surface area contributed by atoms with Gasteiger partial charge in [0.25, 0.3) is 0 Å². The molecule has 3 amide bonds. The van der Waals surface area contributed by atoms with Crippen LogP contribution in [0.15, 0.2) is 35.4 Å². The molecule has 0 unspecified atom stereocenters. The number of hydrogen-bond acceptors (Lipinski definition) is 5. The van der Waals surface area contributed by atoms with Gasteiger partial charge in [-0.2, -0.15) is 5.26 Å². The third-order valence-electron chi connectivity index (χ3n) is 6.72. The Morgan fingerprint density at radius 2 is 1.94 bits per heavy atom. The molecule has 1 rings (SSSR count). The predicted octanol–water partition coefficient (Wildman–Crippen LogP) is 3.08. The molecule has 1 aliphatic heterocycles. The largest absolute Gasteiger partial charge is 0.385 e. The topological polar surface area (TPSA) is 131 Å². The summed E-state index contributed by atoms with van der Waals surface area (Å²) in [5.41, 5.74) is -2.37. The molecule has 1 saturated heterocycles. The van der Waals surface area contributed by atoms with Gasteiger partial charge in [0.05, 0.1) is 17.1 Å². The normalized spacial score (nSPS) is 20.3. The first-order valence-electron chi connectivity index (χ1n) is 11.8. The Balaban J connectivity index is 3.04. The van der Waals surface area contributed by atoms with Crippen LogP contribution in [0.25, 0.3) is 0 Å². The fourth-order valence-corrected chi connectivity index (χ4v) is 3.82. The van der Waals surface area contributed by atoms with Crippen LogP contribution in [0.2, 0.25) is 0 Å². The highest BCUT2D eigenvalue weighted by atomic mass is 35.5. The van der Waals surface area contributed by atoms with Crippen molar-refractivity contribution in [1.29, 1.82) is 5.26 Å². The molecule has 4 N–H and O–H groups in total. The maximum atomic E-state index is 13.3. The summed E-state index contributed by atoms with van der Waals surface area (Å²) in [5, 5.41) is 29.3. The number of nitriles is 1. The Hall–Kier alpha value is -2.63. The molecule has 0 spiro atoms. The second-order valence-corrected chi connectivity index (χ2v) is 10.6. The molecule has 8 nitrogen and oxygen atoms in total. The van der Waals surface area contributed by atoms with Crippen LogP contribution in [0.3, 0.4) is 0 Å². The number of halogens is 1. The maximum Gasteiger partial charge on any atom is 0.243 e. The highest BCUT2D eigenvalue weighted by Gasteiger charge is 2.47. The smallest absolute Gasteiger partial charge is 0.243 e. The first-order valence-corrected chi connectivity index (χ1v) is 12.2. The molecule has 1 aliphatic rings. The average molecular weight is 507 g/mol. The van der Waals surface area contributed by atoms with Crippen molar-refractivity contribution in [1.82, 2.24) is 16.0 Å². The van der Waals surface area contributed by atoms with Gasteiger partial charge in [0, 0.05) is 17.5 Å². The van der Waals surface area contributed by atoms with Gasteiger partial charge in [0.15, 0.2) is 0 Å². The van der Waals surface area contributed by atoms with E-state index < -0.39 is 34.9 Å². The second kappa shape index (κ2) is 12.9. The Labute approximate surface area is 213 Å². The summed E-state index contributed by atoms with van der Waals surface area (Å²) in [6.07, 6.45) is 5.82. The van der Waals surface area contributed by atoms with Crippen molar-refractivity contribution in [2.45, 2.75) is 78.5 Å². The molecule has 0 radical (unpaired) electrons. The van der Waals surface area contributed by atoms with Gasteiger partial charge in [-0.1, -0.05) is 44.2 Å². The van der Waals surface area contributed by atoms with Crippen LogP contribution in [0.1, 0.15) is 60.8 Å². The maximum absolute atomic E-state index is 13.3. The van der Waals surface area contributed by atoms with Gasteiger partial charge in [-0.05, 0) is 64.5 Å². The monoisotopic (exact) mass is 506 g/mol. The van der Waals surface area contributed by atoms with E-state index in [-0.39, 0.29) is 24.2 Å². The van der Waals surface area contributed by atoms with Gasteiger partial charge in [0.1, 0.15) is 12.1 Å². The number of rotatable bonds is 12. The first-order chi connectivity index (χ1) is 16.2. The van der Waals surface area contributed by atoms with Crippen LogP contribution < -0.4 is 16.0 Å². The van der Waals surface area contributed by atoms with E-state index in [1.807, 2.05) is 19.9 Å². The average Bonchev–Trinajstić information content (AvgIpc) is 3.19. The fraction of sp³-hybridized carbons (Fsp3) is 0.615. The predicted molar refractivity (Wildman–Crippen MR) is 137 cm³/mol. The van der Waals surface area contributed by atoms with Gasteiger partial charge in [0.2, 0.25) is 17.7 Å². The van der Waals surface area contributed by atoms with Crippen molar-refractivity contribution in [2.75, 3.05) is 6.54 Å². The Bertz CT molecular complexity index is 915. The Morgan fingerprint density at radius 1 is 1.31 bits per heavy atom. The van der Waals surface area contributed by atoms with Crippen molar-refractivity contribution in [3.05, 3.63) is 35.4 Å². The quantitative estimate of drug-likeness (QED) is 0.302. The van der Waals surface area contributed by atoms with E-state index >= 15 is 0 Å². The minimum absolute atomic E-state index is 0.0728. The minimum Gasteiger partial charge on any atom is -0.385 e. The van der Waals surface area contributed by atoms with Crippen LogP contribution >= 0.6 is 11.6 Å². The van der Waals surface area contributed by atoms with Gasteiger partial charge in [-0.25, -0.2) is 0 Å². The lowest BCUT2D eigenvalue weighted by Crippen LogP contribution is -2.58. The zero-order valence-corrected chi connectivity index (χ0v) is 22.3. The van der Waals surface area contributed by atoms with E-state index in [1.165, 1.54) is 13.0 Å². The van der Waals surface area contributed by atoms with Gasteiger partial charge >= 0.3 is 0 Å². The first kappa shape index (κ1) is 30.4. The summed E-state index contributed by atoms with van der Waals surface area (Å²) in [6.45, 7) is 14.4. The molecule has 0 aromatic carbocycles. The number of hydrogen-bond donors (Lipinski definition) is 4. The van der Waals surface area contributed by atoms with Gasteiger partial charge in [-0.15, -0.1) is 0 Å². The third kappa shape index (κ3) is 8.22. The molecule has 194 valence electrons. The molecule has 0 aromatic rings. The van der Waals surface area contributed by atoms with E-state index in [4.69, 9.17) is 11.6 Å². The molecular formula is C26H39ClN4O4. The van der Waals surface area contributed by atoms with Crippen molar-refractivity contribution in [3.8, 4) is 6.07 Å². The molecule has 35 heavy (non-hydrogen) atoms. The zero-order valence-electron chi connectivity index (χ0n) is 21.6. The van der Waals surface area contributed by atoms with Crippen LogP contribution in [-0.2, 0) is 14.4 Å². The third-order valence-corrected chi connectivity index (χ3v) is 7.00. The van der Waals surface area contributed by atoms with E-state index in [9.17, 15) is 24.8 Å². The second-order valence-electron chi connectivity index (χ2n) is 10.2. The van der Waals surface area contributed by atoms with Crippen LogP contribution in [-0.4, -0.2) is 47.1 Å². The summed E-state index contributed by atoms with van der Waals surface area (Å²) < 4.78 is 0. The molecule has 0 bridgehead atoms. The Morgan fingerprint density at radius 3 is 2.43 bits per heavy atom. The minimum atomic E-state index is -1.56. The van der Waals surface area contributed by atoms with Crippen molar-refractivity contribution >= 4 is 29.3 Å². The lowest BCUT2D eigenvalue weighted by atomic mass is 9.71. The van der Waals surface area contributed by atoms with Crippen molar-refractivity contribution < 1.29 is 19.5 Å². The Kier molecular flexibility index (Phi) is 11.2. The molecular weight excluding hydrogens is 468 g/mol. The van der Waals surface area contributed by atoms with E-state index in [0.717, 1.165) is 0 Å². The molecule has 0 aliphatic carbocycles. The number of amides is 3. The molecule has 4 atom stereocenters. The number of allylic oxidation sites excluding steroid dienone is 4. The van der Waals surface area contributed by atoms with Crippen LogP contribution in [0, 0.1) is 28.6 Å². The number of nitrogens with one attached hydrogen (secondary N) is 3. The zero-order chi connectivity index (χ0) is 27.0. The lowest BCUT2D eigenvalue weighted by molar-refractivity contribution is -0.143. The lowest BCUT2D eigenvalue weighted by Gasteiger charge is -2.40. The molecule has 9 heteroatoms. The van der Waals surface area contributed by atoms with E-state index in [2.05, 4.69) is 22.5 Å². The summed E-state index contributed by atoms with van der Waals surface area (Å²) in [6, 6.07) is 0.276. The molecule has 1 heterocycles.